The van der Waals surface area contributed by atoms with Crippen LogP contribution in [0.25, 0.3) is 0 Å². The minimum atomic E-state index is 0.468. The van der Waals surface area contributed by atoms with E-state index in [1.54, 1.807) is 0 Å². The molecule has 2 saturated heterocycles. The molecule has 2 aliphatic carbocycles. The first-order valence-corrected chi connectivity index (χ1v) is 8.73. The third kappa shape index (κ3) is 2.28. The summed E-state index contributed by atoms with van der Waals surface area (Å²) in [4.78, 5) is 14.8. The quantitative estimate of drug-likeness (QED) is 0.840. The molecule has 1 N–H and O–H groups in total. The van der Waals surface area contributed by atoms with Gasteiger partial charge in [-0.3, -0.25) is 4.79 Å². The first-order valence-electron chi connectivity index (χ1n) is 8.73. The number of fused-ring (bicyclic) bond motifs is 2. The Labute approximate surface area is 122 Å². The van der Waals surface area contributed by atoms with Gasteiger partial charge < -0.3 is 10.2 Å². The van der Waals surface area contributed by atoms with Gasteiger partial charge in [0.05, 0.1) is 0 Å². The number of likely N-dealkylation sites (tertiary alicyclic amines) is 1. The van der Waals surface area contributed by atoms with Crippen LogP contribution in [0.1, 0.15) is 51.4 Å². The highest BCUT2D eigenvalue weighted by Gasteiger charge is 2.43. The zero-order valence-electron chi connectivity index (χ0n) is 12.6. The van der Waals surface area contributed by atoms with E-state index >= 15 is 0 Å². The fraction of sp³-hybridized carbons (Fsp3) is 0.941. The molecule has 2 heterocycles. The van der Waals surface area contributed by atoms with Crippen LogP contribution < -0.4 is 5.32 Å². The lowest BCUT2D eigenvalue weighted by atomic mass is 9.78. The predicted molar refractivity (Wildman–Crippen MR) is 79.3 cm³/mol. The number of carbonyl (C=O) groups excluding carboxylic acids is 1. The minimum Gasteiger partial charge on any atom is -0.342 e. The van der Waals surface area contributed by atoms with Crippen LogP contribution in [0.15, 0.2) is 0 Å². The molecule has 4 rings (SSSR count). The first-order chi connectivity index (χ1) is 9.74. The van der Waals surface area contributed by atoms with Crippen LogP contribution in [0.3, 0.4) is 0 Å². The van der Waals surface area contributed by atoms with Gasteiger partial charge >= 0.3 is 0 Å². The van der Waals surface area contributed by atoms with E-state index in [4.69, 9.17) is 0 Å². The molecule has 1 amide bonds. The molecule has 0 radical (unpaired) electrons. The van der Waals surface area contributed by atoms with Crippen molar-refractivity contribution >= 4 is 5.91 Å². The fourth-order valence-corrected chi connectivity index (χ4v) is 5.49. The molecule has 0 aromatic rings. The van der Waals surface area contributed by atoms with E-state index in [0.29, 0.717) is 11.3 Å². The molecule has 2 saturated carbocycles. The van der Waals surface area contributed by atoms with E-state index in [9.17, 15) is 4.79 Å². The van der Waals surface area contributed by atoms with E-state index in [1.165, 1.54) is 44.9 Å². The minimum absolute atomic E-state index is 0.468. The van der Waals surface area contributed by atoms with Crippen molar-refractivity contribution in [3.8, 4) is 0 Å². The Hall–Kier alpha value is -0.570. The molecule has 0 aromatic carbocycles. The molecule has 2 aliphatic heterocycles. The Morgan fingerprint density at radius 2 is 2.00 bits per heavy atom. The van der Waals surface area contributed by atoms with Crippen LogP contribution in [0.4, 0.5) is 0 Å². The van der Waals surface area contributed by atoms with Crippen molar-refractivity contribution in [2.24, 2.45) is 23.2 Å². The van der Waals surface area contributed by atoms with Gasteiger partial charge in [0.25, 0.3) is 0 Å². The highest BCUT2D eigenvalue weighted by molar-refractivity contribution is 5.77. The van der Waals surface area contributed by atoms with Crippen molar-refractivity contribution in [3.63, 3.8) is 0 Å². The Bertz CT molecular complexity index is 388. The summed E-state index contributed by atoms with van der Waals surface area (Å²) in [6.07, 6.45) is 10.3. The number of piperidine rings is 1. The lowest BCUT2D eigenvalue weighted by molar-refractivity contribution is -0.132. The van der Waals surface area contributed by atoms with Gasteiger partial charge in [0.15, 0.2) is 0 Å². The van der Waals surface area contributed by atoms with Gasteiger partial charge in [-0.15, -0.1) is 0 Å². The lowest BCUT2D eigenvalue weighted by Gasteiger charge is -2.34. The number of amides is 1. The molecule has 0 aromatic heterocycles. The molecule has 1 spiro atoms. The monoisotopic (exact) mass is 276 g/mol. The van der Waals surface area contributed by atoms with Gasteiger partial charge in [0.2, 0.25) is 5.91 Å². The Kier molecular flexibility index (Phi) is 3.29. The third-order valence-electron chi connectivity index (χ3n) is 6.78. The zero-order valence-corrected chi connectivity index (χ0v) is 12.6. The first kappa shape index (κ1) is 13.1. The second kappa shape index (κ2) is 5.01. The van der Waals surface area contributed by atoms with E-state index in [-0.39, 0.29) is 0 Å². The summed E-state index contributed by atoms with van der Waals surface area (Å²) in [5.41, 5.74) is 0.468. The van der Waals surface area contributed by atoms with Crippen molar-refractivity contribution < 1.29 is 4.79 Å². The van der Waals surface area contributed by atoms with E-state index in [2.05, 4.69) is 10.2 Å². The van der Waals surface area contributed by atoms with Crippen molar-refractivity contribution in [2.75, 3.05) is 26.2 Å². The number of nitrogens with zero attached hydrogens (tertiary/aromatic N) is 1. The maximum Gasteiger partial charge on any atom is 0.222 e. The summed E-state index contributed by atoms with van der Waals surface area (Å²) in [6, 6.07) is 0. The number of nitrogens with one attached hydrogen (secondary N) is 1. The van der Waals surface area contributed by atoms with Gasteiger partial charge in [0, 0.05) is 19.5 Å². The van der Waals surface area contributed by atoms with Gasteiger partial charge in [-0.05, 0) is 74.8 Å². The van der Waals surface area contributed by atoms with Gasteiger partial charge in [0.1, 0.15) is 0 Å². The molecule has 112 valence electrons. The molecular formula is C17H28N2O. The molecule has 2 bridgehead atoms. The predicted octanol–water partition coefficient (Wildman–Crippen LogP) is 2.41. The van der Waals surface area contributed by atoms with Crippen LogP contribution in [0.2, 0.25) is 0 Å². The van der Waals surface area contributed by atoms with Gasteiger partial charge in [-0.25, -0.2) is 0 Å². The molecule has 4 fully saturated rings. The maximum absolute atomic E-state index is 12.6. The fourth-order valence-electron chi connectivity index (χ4n) is 5.49. The molecule has 3 heteroatoms. The van der Waals surface area contributed by atoms with Crippen LogP contribution in [0.5, 0.6) is 0 Å². The van der Waals surface area contributed by atoms with Crippen molar-refractivity contribution in [2.45, 2.75) is 51.4 Å². The molecule has 4 aliphatic rings. The van der Waals surface area contributed by atoms with Crippen molar-refractivity contribution in [3.05, 3.63) is 0 Å². The van der Waals surface area contributed by atoms with Crippen LogP contribution in [-0.2, 0) is 4.79 Å². The highest BCUT2D eigenvalue weighted by Crippen LogP contribution is 2.50. The van der Waals surface area contributed by atoms with E-state index in [0.717, 1.165) is 50.4 Å². The second-order valence-corrected chi connectivity index (χ2v) is 7.95. The third-order valence-corrected chi connectivity index (χ3v) is 6.78. The van der Waals surface area contributed by atoms with E-state index in [1.807, 2.05) is 0 Å². The second-order valence-electron chi connectivity index (χ2n) is 7.95. The number of hydrogen-bond acceptors (Lipinski definition) is 2. The summed E-state index contributed by atoms with van der Waals surface area (Å²) in [7, 11) is 0. The summed E-state index contributed by atoms with van der Waals surface area (Å²) in [5.74, 6) is 3.05. The summed E-state index contributed by atoms with van der Waals surface area (Å²) < 4.78 is 0. The summed E-state index contributed by atoms with van der Waals surface area (Å²) in [6.45, 7) is 4.37. The molecule has 3 nitrogen and oxygen atoms in total. The van der Waals surface area contributed by atoms with Crippen LogP contribution >= 0.6 is 0 Å². The molecule has 3 unspecified atom stereocenters. The van der Waals surface area contributed by atoms with Crippen LogP contribution in [0, 0.1) is 23.2 Å². The molecular weight excluding hydrogens is 248 g/mol. The topological polar surface area (TPSA) is 32.3 Å². The van der Waals surface area contributed by atoms with Gasteiger partial charge in [-0.2, -0.15) is 0 Å². The average Bonchev–Trinajstić information content (AvgIpc) is 3.15. The Morgan fingerprint density at radius 3 is 2.70 bits per heavy atom. The Balaban J connectivity index is 1.33. The largest absolute Gasteiger partial charge is 0.342 e. The molecule has 3 atom stereocenters. The summed E-state index contributed by atoms with van der Waals surface area (Å²) >= 11 is 0. The number of carbonyl (C=O) groups is 1. The smallest absolute Gasteiger partial charge is 0.222 e. The average molecular weight is 276 g/mol. The van der Waals surface area contributed by atoms with E-state index < -0.39 is 0 Å². The number of hydrogen-bond donors (Lipinski definition) is 1. The normalized spacial score (nSPS) is 38.8. The lowest BCUT2D eigenvalue weighted by Crippen LogP contribution is -2.40. The molecule has 20 heavy (non-hydrogen) atoms. The van der Waals surface area contributed by atoms with Crippen LogP contribution in [-0.4, -0.2) is 37.0 Å². The maximum atomic E-state index is 12.6. The Morgan fingerprint density at radius 1 is 1.15 bits per heavy atom. The SMILES string of the molecule is O=C(CC1CC2CCC1C2)N1CCC2(CCNCC2)C1. The standard InChI is InChI=1S/C17H28N2O/c20-16(11-15-10-13-1-2-14(15)9-13)19-8-5-17(12-19)3-6-18-7-4-17/h13-15,18H,1-12H2. The zero-order chi connectivity index (χ0) is 13.6. The summed E-state index contributed by atoms with van der Waals surface area (Å²) in [5, 5.41) is 3.45. The number of rotatable bonds is 2. The highest BCUT2D eigenvalue weighted by atomic mass is 16.2. The van der Waals surface area contributed by atoms with Gasteiger partial charge in [-0.1, -0.05) is 6.42 Å². The van der Waals surface area contributed by atoms with Crippen molar-refractivity contribution in [1.29, 1.82) is 0 Å². The van der Waals surface area contributed by atoms with Crippen molar-refractivity contribution in [1.82, 2.24) is 10.2 Å².